The molecular weight excluding hydrogens is 144 g/mol. The summed E-state index contributed by atoms with van der Waals surface area (Å²) in [5, 5.41) is 8.90. The average molecular weight is 153 g/mol. The van der Waals surface area contributed by atoms with Crippen LogP contribution in [-0.4, -0.2) is 28.1 Å². The Morgan fingerprint density at radius 1 is 1.64 bits per heavy atom. The molecule has 1 aliphatic heterocycles. The van der Waals surface area contributed by atoms with Gasteiger partial charge in [0.05, 0.1) is 6.20 Å². The molecule has 4 heteroatoms. The molecule has 0 aromatic rings. The number of amides is 1. The van der Waals surface area contributed by atoms with Crippen LogP contribution in [0.3, 0.4) is 0 Å². The summed E-state index contributed by atoms with van der Waals surface area (Å²) in [6.07, 6.45) is 5.81. The van der Waals surface area contributed by atoms with Crippen molar-refractivity contribution >= 4 is 12.4 Å². The van der Waals surface area contributed by atoms with E-state index < -0.39 is 6.09 Å². The van der Waals surface area contributed by atoms with Gasteiger partial charge in [0.1, 0.15) is 12.2 Å². The molecule has 11 heavy (non-hydrogen) atoms. The fourth-order valence-electron chi connectivity index (χ4n) is 1.32. The molecule has 1 aliphatic carbocycles. The van der Waals surface area contributed by atoms with Gasteiger partial charge in [0, 0.05) is 12.8 Å². The van der Waals surface area contributed by atoms with E-state index in [1.54, 1.807) is 12.4 Å². The zero-order valence-corrected chi connectivity index (χ0v) is 5.97. The molecule has 1 atom stereocenters. The molecule has 1 saturated carbocycles. The third-order valence-electron chi connectivity index (χ3n) is 2.14. The molecule has 0 bridgehead atoms. The number of carboxylic acid groups (broad SMARTS) is 1. The monoisotopic (exact) mass is 153 g/mol. The average Bonchev–Trinajstić information content (AvgIpc) is 2.69. The fraction of sp³-hybridized carbons (Fsp3) is 0.429. The number of rotatable bonds is 1. The minimum Gasteiger partial charge on any atom is -0.435 e. The summed E-state index contributed by atoms with van der Waals surface area (Å²) >= 11 is 0. The third kappa shape index (κ3) is 0.793. The van der Waals surface area contributed by atoms with Gasteiger partial charge in [-0.15, -0.1) is 0 Å². The molecule has 1 heterocycles. The molecule has 0 radical (unpaired) electrons. The second-order valence-corrected chi connectivity index (χ2v) is 2.91. The van der Waals surface area contributed by atoms with Crippen LogP contribution in [-0.2, 0) is 0 Å². The Bertz CT molecular complexity index is 241. The maximum atomic E-state index is 10.8. The van der Waals surface area contributed by atoms with Gasteiger partial charge in [0.15, 0.2) is 0 Å². The van der Waals surface area contributed by atoms with Gasteiger partial charge in [-0.1, -0.05) is 0 Å². The molecule has 1 N–H and O–H groups in total. The van der Waals surface area contributed by atoms with Crippen molar-refractivity contribution in [1.29, 1.82) is 0 Å². The molecule has 1 amide bonds. The molecule has 0 aromatic heterocycles. The number of hydrogen-bond donors (Lipinski definition) is 1. The summed E-state index contributed by atoms with van der Waals surface area (Å²) in [5.74, 6) is 0. The summed E-state index contributed by atoms with van der Waals surface area (Å²) in [6.45, 7) is 0. The summed E-state index contributed by atoms with van der Waals surface area (Å²) in [6, 6.07) is 0.231. The quantitative estimate of drug-likeness (QED) is 0.574. The number of aliphatic imine (C=N–C) groups is 1. The lowest BCUT2D eigenvalue weighted by Crippen LogP contribution is -2.46. The lowest BCUT2D eigenvalue weighted by atomic mass is 10.5. The Balaban J connectivity index is 2.33. The summed E-state index contributed by atoms with van der Waals surface area (Å²) < 4.78 is -0.0833. The van der Waals surface area contributed by atoms with Crippen LogP contribution in [0.25, 0.3) is 0 Å². The van der Waals surface area contributed by atoms with E-state index in [0.29, 0.717) is 0 Å². The maximum Gasteiger partial charge on any atom is 0.524 e. The zero-order chi connectivity index (χ0) is 7.90. The topological polar surface area (TPSA) is 49.7 Å². The van der Waals surface area contributed by atoms with Crippen LogP contribution in [0.2, 0.25) is 0 Å². The minimum absolute atomic E-state index is 0.0833. The summed E-state index contributed by atoms with van der Waals surface area (Å²) in [5.41, 5.74) is 0. The van der Waals surface area contributed by atoms with Crippen LogP contribution in [0.1, 0.15) is 12.8 Å². The van der Waals surface area contributed by atoms with Gasteiger partial charge in [-0.25, -0.2) is 4.99 Å². The van der Waals surface area contributed by atoms with Crippen LogP contribution >= 0.6 is 0 Å². The molecule has 0 spiro atoms. The molecule has 58 valence electrons. The van der Waals surface area contributed by atoms with E-state index in [1.807, 2.05) is 0 Å². The second-order valence-electron chi connectivity index (χ2n) is 2.91. The molecule has 0 aromatic carbocycles. The Hall–Kier alpha value is -1.16. The smallest absolute Gasteiger partial charge is 0.435 e. The van der Waals surface area contributed by atoms with Crippen molar-refractivity contribution in [3.63, 3.8) is 0 Å². The van der Waals surface area contributed by atoms with Crippen LogP contribution < -0.4 is 0 Å². The SMILES string of the molecule is O=C(O)[N+]1(C2CC2)C=CN=C1. The second kappa shape index (κ2) is 1.92. The van der Waals surface area contributed by atoms with Crippen molar-refractivity contribution in [3.05, 3.63) is 12.4 Å². The zero-order valence-electron chi connectivity index (χ0n) is 5.97. The molecular formula is C7H9N2O2+. The molecule has 2 aliphatic rings. The highest BCUT2D eigenvalue weighted by molar-refractivity contribution is 5.72. The summed E-state index contributed by atoms with van der Waals surface area (Å²) in [7, 11) is 0. The minimum atomic E-state index is -0.829. The van der Waals surface area contributed by atoms with Gasteiger partial charge in [0.2, 0.25) is 6.34 Å². The van der Waals surface area contributed by atoms with E-state index >= 15 is 0 Å². The van der Waals surface area contributed by atoms with Crippen LogP contribution in [0.4, 0.5) is 4.79 Å². The van der Waals surface area contributed by atoms with Crippen molar-refractivity contribution in [3.8, 4) is 0 Å². The molecule has 2 rings (SSSR count). The van der Waals surface area contributed by atoms with Gasteiger partial charge in [-0.3, -0.25) is 0 Å². The highest BCUT2D eigenvalue weighted by Crippen LogP contribution is 2.34. The molecule has 1 fully saturated rings. The highest BCUT2D eigenvalue weighted by Gasteiger charge is 2.50. The highest BCUT2D eigenvalue weighted by atomic mass is 16.4. The number of nitrogens with zero attached hydrogens (tertiary/aromatic N) is 2. The van der Waals surface area contributed by atoms with Crippen LogP contribution in [0.15, 0.2) is 17.4 Å². The largest absolute Gasteiger partial charge is 0.524 e. The van der Waals surface area contributed by atoms with Crippen molar-refractivity contribution in [2.24, 2.45) is 4.99 Å². The van der Waals surface area contributed by atoms with E-state index in [9.17, 15) is 4.79 Å². The Kier molecular flexibility index (Phi) is 1.14. The van der Waals surface area contributed by atoms with E-state index in [1.165, 1.54) is 6.34 Å². The van der Waals surface area contributed by atoms with Crippen molar-refractivity contribution in [1.82, 2.24) is 0 Å². The molecule has 1 unspecified atom stereocenters. The maximum absolute atomic E-state index is 10.8. The van der Waals surface area contributed by atoms with E-state index in [0.717, 1.165) is 12.8 Å². The van der Waals surface area contributed by atoms with Gasteiger partial charge in [0.25, 0.3) is 0 Å². The van der Waals surface area contributed by atoms with Gasteiger partial charge < -0.3 is 5.11 Å². The number of hydrogen-bond acceptors (Lipinski definition) is 2. The van der Waals surface area contributed by atoms with Crippen LogP contribution in [0.5, 0.6) is 0 Å². The number of quaternary nitrogens is 1. The van der Waals surface area contributed by atoms with E-state index in [-0.39, 0.29) is 10.5 Å². The molecule has 4 nitrogen and oxygen atoms in total. The number of carbonyl (C=O) groups is 1. The first-order valence-electron chi connectivity index (χ1n) is 3.59. The van der Waals surface area contributed by atoms with Gasteiger partial charge in [-0.05, 0) is 0 Å². The standard InChI is InChI=1S/C7H8N2O2/c10-7(11)9(6-1-2-6)4-3-8-5-9/h3-6H,1-2H2/p+1. The van der Waals surface area contributed by atoms with E-state index in [2.05, 4.69) is 4.99 Å². The predicted octanol–water partition coefficient (Wildman–Crippen LogP) is 1.16. The molecule has 0 saturated heterocycles. The Labute approximate surface area is 64.0 Å². The van der Waals surface area contributed by atoms with Crippen molar-refractivity contribution < 1.29 is 14.4 Å². The normalized spacial score (nSPS) is 34.5. The van der Waals surface area contributed by atoms with Gasteiger partial charge in [-0.2, -0.15) is 9.28 Å². The van der Waals surface area contributed by atoms with Crippen LogP contribution in [0, 0.1) is 0 Å². The van der Waals surface area contributed by atoms with Crippen molar-refractivity contribution in [2.45, 2.75) is 18.9 Å². The third-order valence-corrected chi connectivity index (χ3v) is 2.14. The van der Waals surface area contributed by atoms with E-state index in [4.69, 9.17) is 5.11 Å². The predicted molar refractivity (Wildman–Crippen MR) is 38.9 cm³/mol. The fourth-order valence-corrected chi connectivity index (χ4v) is 1.32. The summed E-state index contributed by atoms with van der Waals surface area (Å²) in [4.78, 5) is 14.6. The first kappa shape index (κ1) is 6.54. The lowest BCUT2D eigenvalue weighted by molar-refractivity contribution is -0.713. The Morgan fingerprint density at radius 2 is 2.36 bits per heavy atom. The lowest BCUT2D eigenvalue weighted by Gasteiger charge is -2.19. The first-order chi connectivity index (χ1) is 5.26. The van der Waals surface area contributed by atoms with Gasteiger partial charge >= 0.3 is 6.09 Å². The van der Waals surface area contributed by atoms with Crippen molar-refractivity contribution in [2.75, 3.05) is 0 Å². The Morgan fingerprint density at radius 3 is 2.73 bits per heavy atom. The first-order valence-corrected chi connectivity index (χ1v) is 3.59.